The first-order valence-electron chi connectivity index (χ1n) is 20.5. The van der Waals surface area contributed by atoms with Crippen LogP contribution in [0.5, 0.6) is 0 Å². The number of alkyl carbamates (subject to hydrolysis) is 2. The number of nitrogens with one attached hydrogen (secondary N) is 4. The maximum Gasteiger partial charge on any atom is 0.407 e. The monoisotopic (exact) mass is 800 g/mol. The van der Waals surface area contributed by atoms with E-state index in [-0.39, 0.29) is 35.7 Å². The lowest BCUT2D eigenvalue weighted by Gasteiger charge is -2.36. The number of imidazole rings is 2. The molecule has 2 aliphatic heterocycles. The molecule has 14 nitrogen and oxygen atoms in total. The minimum absolute atomic E-state index is 0.0720. The summed E-state index contributed by atoms with van der Waals surface area (Å²) in [6, 6.07) is 19.4. The molecule has 3 aromatic carbocycles. The Hall–Kier alpha value is -6.18. The van der Waals surface area contributed by atoms with Crippen LogP contribution in [0.15, 0.2) is 73.1 Å². The number of rotatable bonds is 10. The molecule has 4 N–H and O–H groups in total. The number of ether oxygens (including phenoxy) is 2. The van der Waals surface area contributed by atoms with Crippen LogP contribution >= 0.6 is 0 Å². The van der Waals surface area contributed by atoms with Crippen molar-refractivity contribution < 1.29 is 28.7 Å². The largest absolute Gasteiger partial charge is 0.453 e. The normalized spacial score (nSPS) is 21.5. The van der Waals surface area contributed by atoms with Crippen LogP contribution in [0.3, 0.4) is 0 Å². The number of carbonyl (C=O) groups excluding carboxylic acids is 4. The summed E-state index contributed by atoms with van der Waals surface area (Å²) in [7, 11) is 2.60. The highest BCUT2D eigenvalue weighted by molar-refractivity contribution is 5.91. The van der Waals surface area contributed by atoms with Crippen LogP contribution < -0.4 is 10.6 Å². The molecule has 308 valence electrons. The third-order valence-electron chi connectivity index (χ3n) is 12.3. The maximum absolute atomic E-state index is 13.9. The van der Waals surface area contributed by atoms with Crippen LogP contribution in [0.25, 0.3) is 44.4 Å². The topological polar surface area (TPSA) is 175 Å². The zero-order valence-corrected chi connectivity index (χ0v) is 34.2. The van der Waals surface area contributed by atoms with Gasteiger partial charge in [0.2, 0.25) is 11.8 Å². The van der Waals surface area contributed by atoms with Crippen LogP contribution in [0.4, 0.5) is 9.59 Å². The number of amides is 4. The van der Waals surface area contributed by atoms with Gasteiger partial charge in [-0.25, -0.2) is 19.6 Å². The zero-order chi connectivity index (χ0) is 41.4. The highest BCUT2D eigenvalue weighted by atomic mass is 16.5. The molecule has 1 aliphatic carbocycles. The molecule has 2 saturated heterocycles. The Morgan fingerprint density at radius 1 is 0.678 bits per heavy atom. The minimum atomic E-state index is -0.718. The van der Waals surface area contributed by atoms with Crippen molar-refractivity contribution in [2.45, 2.75) is 77.0 Å². The van der Waals surface area contributed by atoms with Gasteiger partial charge in [0.1, 0.15) is 23.7 Å². The number of aromatic nitrogens is 4. The number of fused-ring (bicyclic) bond motifs is 1. The van der Waals surface area contributed by atoms with Gasteiger partial charge in [-0.1, -0.05) is 68.8 Å². The molecule has 8 rings (SSSR count). The van der Waals surface area contributed by atoms with E-state index in [1.54, 1.807) is 11.8 Å². The molecule has 59 heavy (non-hydrogen) atoms. The van der Waals surface area contributed by atoms with Gasteiger partial charge in [0.25, 0.3) is 0 Å². The molecule has 2 aromatic heterocycles. The molecule has 1 saturated carbocycles. The molecular formula is C45H52N8O6. The molecule has 6 atom stereocenters. The van der Waals surface area contributed by atoms with Crippen molar-refractivity contribution in [3.63, 3.8) is 0 Å². The zero-order valence-electron chi connectivity index (χ0n) is 34.2. The highest BCUT2D eigenvalue weighted by Gasteiger charge is 2.43. The Balaban J connectivity index is 0.945. The van der Waals surface area contributed by atoms with E-state index in [2.05, 4.69) is 99.8 Å². The second-order valence-electron chi connectivity index (χ2n) is 16.6. The summed E-state index contributed by atoms with van der Waals surface area (Å²) in [6.45, 7) is 7.11. The van der Waals surface area contributed by atoms with E-state index in [0.717, 1.165) is 88.2 Å². The van der Waals surface area contributed by atoms with Gasteiger partial charge in [-0.3, -0.25) is 9.59 Å². The Kier molecular flexibility index (Phi) is 11.1. The molecule has 5 aromatic rings. The molecule has 3 fully saturated rings. The third-order valence-corrected chi connectivity index (χ3v) is 12.3. The second kappa shape index (κ2) is 16.6. The molecule has 0 spiro atoms. The van der Waals surface area contributed by atoms with E-state index < -0.39 is 24.3 Å². The van der Waals surface area contributed by atoms with E-state index in [1.165, 1.54) is 14.2 Å². The lowest BCUT2D eigenvalue weighted by Crippen LogP contribution is -2.53. The highest BCUT2D eigenvalue weighted by Crippen LogP contribution is 2.39. The molecule has 14 heteroatoms. The van der Waals surface area contributed by atoms with Gasteiger partial charge in [0, 0.05) is 18.7 Å². The van der Waals surface area contributed by atoms with Crippen molar-refractivity contribution in [1.82, 2.24) is 40.4 Å². The van der Waals surface area contributed by atoms with Gasteiger partial charge in [-0.05, 0) is 90.0 Å². The van der Waals surface area contributed by atoms with Gasteiger partial charge >= 0.3 is 12.2 Å². The van der Waals surface area contributed by atoms with Crippen LogP contribution in [-0.2, 0) is 19.1 Å². The van der Waals surface area contributed by atoms with Gasteiger partial charge in [-0.15, -0.1) is 0 Å². The minimum Gasteiger partial charge on any atom is -0.453 e. The molecule has 4 amide bonds. The van der Waals surface area contributed by atoms with Crippen molar-refractivity contribution in [3.8, 4) is 33.6 Å². The number of methoxy groups -OCH3 is 2. The van der Waals surface area contributed by atoms with Gasteiger partial charge < -0.3 is 39.9 Å². The first-order valence-corrected chi connectivity index (χ1v) is 20.5. The third kappa shape index (κ3) is 8.12. The Morgan fingerprint density at radius 3 is 1.73 bits per heavy atom. The molecule has 3 aliphatic rings. The fourth-order valence-corrected chi connectivity index (χ4v) is 8.90. The lowest BCUT2D eigenvalue weighted by atomic mass is 9.79. The number of H-pyrrole nitrogens is 2. The average molecular weight is 801 g/mol. The van der Waals surface area contributed by atoms with Gasteiger partial charge in [0.15, 0.2) is 0 Å². The standard InChI is InChI=1S/C45H52N8O6/c1-25-17-37(52(23-25)42(54)27(3)48-44(56)58-4)40-47-22-36(50-40)34-16-15-32-19-31(13-14-33(32)20-34)28-9-11-29(12-10-28)35-21-46-41(49-35)38-18-26(2)24-53(38)43(55)39(30-7-6-8-30)51-45(57)59-5/h9-16,19-22,25-27,30,37-39H,6-8,17-18,23-24H2,1-5H3,(H,46,49)(H,47,50)(H,48,56)(H,51,57)/t25-,26-,27-,37-,38-,39-/m0/s1. The van der Waals surface area contributed by atoms with Gasteiger partial charge in [0.05, 0.1) is 50.1 Å². The number of likely N-dealkylation sites (tertiary alicyclic amines) is 2. The van der Waals surface area contributed by atoms with E-state index in [1.807, 2.05) is 17.3 Å². The van der Waals surface area contributed by atoms with Crippen molar-refractivity contribution >= 4 is 34.8 Å². The number of aromatic amines is 2. The summed E-state index contributed by atoms with van der Waals surface area (Å²) >= 11 is 0. The van der Waals surface area contributed by atoms with Crippen molar-refractivity contribution in [2.75, 3.05) is 27.3 Å². The smallest absolute Gasteiger partial charge is 0.407 e. The fourth-order valence-electron chi connectivity index (χ4n) is 8.90. The van der Waals surface area contributed by atoms with Gasteiger partial charge in [-0.2, -0.15) is 0 Å². The first-order chi connectivity index (χ1) is 28.5. The molecule has 0 unspecified atom stereocenters. The van der Waals surface area contributed by atoms with Crippen molar-refractivity contribution in [1.29, 1.82) is 0 Å². The summed E-state index contributed by atoms with van der Waals surface area (Å²) in [4.78, 5) is 71.2. The SMILES string of the molecule is COC(=O)N[C@@H](C)C(=O)N1C[C@@H](C)C[C@H]1c1ncc(-c2ccc3cc(-c4ccc(-c5cnc([C@@H]6C[C@H](C)CN6C(=O)[C@@H](NC(=O)OC)C6CCC6)[nH]5)cc4)ccc3c2)[nH]1. The number of nitrogens with zero attached hydrogens (tertiary/aromatic N) is 4. The van der Waals surface area contributed by atoms with Crippen LogP contribution in [0.2, 0.25) is 0 Å². The number of hydrogen-bond donors (Lipinski definition) is 4. The molecule has 4 heterocycles. The van der Waals surface area contributed by atoms with E-state index in [4.69, 9.17) is 14.7 Å². The predicted octanol–water partition coefficient (Wildman–Crippen LogP) is 7.38. The molecule has 0 bridgehead atoms. The molecular weight excluding hydrogens is 749 g/mol. The van der Waals surface area contributed by atoms with Crippen LogP contribution in [-0.4, -0.2) is 93.1 Å². The Labute approximate surface area is 343 Å². The van der Waals surface area contributed by atoms with E-state index in [0.29, 0.717) is 19.0 Å². The van der Waals surface area contributed by atoms with E-state index >= 15 is 0 Å². The van der Waals surface area contributed by atoms with Crippen LogP contribution in [0.1, 0.15) is 76.6 Å². The lowest BCUT2D eigenvalue weighted by molar-refractivity contribution is -0.137. The summed E-state index contributed by atoms with van der Waals surface area (Å²) in [5.41, 5.74) is 5.91. The summed E-state index contributed by atoms with van der Waals surface area (Å²) in [5.74, 6) is 1.93. The van der Waals surface area contributed by atoms with E-state index in [9.17, 15) is 19.2 Å². The van der Waals surface area contributed by atoms with Crippen LogP contribution in [0, 0.1) is 17.8 Å². The van der Waals surface area contributed by atoms with Crippen molar-refractivity contribution in [3.05, 3.63) is 84.7 Å². The molecule has 0 radical (unpaired) electrons. The average Bonchev–Trinajstić information content (AvgIpc) is 4.05. The summed E-state index contributed by atoms with van der Waals surface area (Å²) in [5, 5.41) is 7.59. The first kappa shape index (κ1) is 39.6. The Bertz CT molecular complexity index is 2350. The summed E-state index contributed by atoms with van der Waals surface area (Å²) < 4.78 is 9.53. The Morgan fingerprint density at radius 2 is 1.17 bits per heavy atom. The summed E-state index contributed by atoms with van der Waals surface area (Å²) in [6.07, 6.45) is 6.87. The quantitative estimate of drug-likeness (QED) is 0.113. The van der Waals surface area contributed by atoms with Crippen molar-refractivity contribution in [2.24, 2.45) is 17.8 Å². The number of hydrogen-bond acceptors (Lipinski definition) is 8. The number of benzene rings is 3. The maximum atomic E-state index is 13.9. The predicted molar refractivity (Wildman–Crippen MR) is 223 cm³/mol. The number of carbonyl (C=O) groups is 4. The second-order valence-corrected chi connectivity index (χ2v) is 16.6. The fraction of sp³-hybridized carbons (Fsp3) is 0.422.